The SMILES string of the molecule is c1cn(C2(C3CC3)CC2)c(-c2ccc3c(c2)OCO3)n1. The van der Waals surface area contributed by atoms with E-state index in [1.165, 1.54) is 25.7 Å². The summed E-state index contributed by atoms with van der Waals surface area (Å²) in [6, 6.07) is 6.10. The molecule has 0 unspecified atom stereocenters. The van der Waals surface area contributed by atoms with E-state index < -0.39 is 0 Å². The Morgan fingerprint density at radius 3 is 2.80 bits per heavy atom. The first-order valence-electron chi connectivity index (χ1n) is 7.31. The molecule has 2 aliphatic carbocycles. The number of fused-ring (bicyclic) bond motifs is 1. The van der Waals surface area contributed by atoms with E-state index in [-0.39, 0.29) is 0 Å². The summed E-state index contributed by atoms with van der Waals surface area (Å²) in [5, 5.41) is 0. The van der Waals surface area contributed by atoms with Crippen LogP contribution in [0.4, 0.5) is 0 Å². The first kappa shape index (κ1) is 10.8. The van der Waals surface area contributed by atoms with Crippen LogP contribution in [0.25, 0.3) is 11.4 Å². The number of aromatic nitrogens is 2. The second-order valence-corrected chi connectivity index (χ2v) is 6.07. The Balaban J connectivity index is 1.60. The lowest BCUT2D eigenvalue weighted by Gasteiger charge is -2.19. The molecule has 2 saturated carbocycles. The normalized spacial score (nSPS) is 22.0. The van der Waals surface area contributed by atoms with Gasteiger partial charge in [-0.3, -0.25) is 0 Å². The number of hydrogen-bond donors (Lipinski definition) is 0. The molecule has 0 radical (unpaired) electrons. The highest BCUT2D eigenvalue weighted by molar-refractivity contribution is 5.62. The van der Waals surface area contributed by atoms with Crippen molar-refractivity contribution in [2.45, 2.75) is 31.2 Å². The van der Waals surface area contributed by atoms with Crippen molar-refractivity contribution in [1.82, 2.24) is 9.55 Å². The molecule has 0 N–H and O–H groups in total. The van der Waals surface area contributed by atoms with Crippen LogP contribution in [0.15, 0.2) is 30.6 Å². The van der Waals surface area contributed by atoms with Gasteiger partial charge in [-0.2, -0.15) is 0 Å². The maximum atomic E-state index is 5.48. The van der Waals surface area contributed by atoms with Crippen molar-refractivity contribution in [2.24, 2.45) is 5.92 Å². The van der Waals surface area contributed by atoms with Crippen LogP contribution < -0.4 is 9.47 Å². The Hall–Kier alpha value is -1.97. The molecule has 2 aromatic rings. The molecular formula is C16H16N2O2. The minimum absolute atomic E-state index is 0.319. The van der Waals surface area contributed by atoms with Crippen molar-refractivity contribution < 1.29 is 9.47 Å². The first-order valence-corrected chi connectivity index (χ1v) is 7.31. The highest BCUT2D eigenvalue weighted by Gasteiger charge is 2.55. The molecule has 0 amide bonds. The van der Waals surface area contributed by atoms with Gasteiger partial charge in [-0.05, 0) is 49.8 Å². The highest BCUT2D eigenvalue weighted by Crippen LogP contribution is 2.60. The van der Waals surface area contributed by atoms with Gasteiger partial charge in [-0.15, -0.1) is 0 Å². The fourth-order valence-corrected chi connectivity index (χ4v) is 3.51. The zero-order valence-electron chi connectivity index (χ0n) is 11.2. The monoisotopic (exact) mass is 268 g/mol. The largest absolute Gasteiger partial charge is 0.454 e. The standard InChI is InChI=1S/C16H16N2O2/c1-4-13-14(20-10-19-13)9-11(1)15-17-7-8-18(15)16(5-6-16)12-2-3-12/h1,4,7-9,12H,2-3,5-6,10H2. The quantitative estimate of drug-likeness (QED) is 0.857. The third-order valence-electron chi connectivity index (χ3n) is 4.85. The summed E-state index contributed by atoms with van der Waals surface area (Å²) < 4.78 is 13.3. The molecule has 0 saturated heterocycles. The molecule has 0 atom stereocenters. The van der Waals surface area contributed by atoms with Crippen molar-refractivity contribution in [1.29, 1.82) is 0 Å². The molecule has 2 fully saturated rings. The van der Waals surface area contributed by atoms with Crippen LogP contribution in [-0.2, 0) is 5.54 Å². The second kappa shape index (κ2) is 3.57. The Labute approximate surface area is 117 Å². The Bertz CT molecular complexity index is 684. The number of nitrogens with zero attached hydrogens (tertiary/aromatic N) is 2. The number of rotatable bonds is 3. The second-order valence-electron chi connectivity index (χ2n) is 6.07. The van der Waals surface area contributed by atoms with Gasteiger partial charge in [0.15, 0.2) is 11.5 Å². The number of ether oxygens (including phenoxy) is 2. The predicted molar refractivity (Wildman–Crippen MR) is 73.7 cm³/mol. The number of benzene rings is 1. The van der Waals surface area contributed by atoms with E-state index in [0.717, 1.165) is 28.8 Å². The highest BCUT2D eigenvalue weighted by atomic mass is 16.7. The molecule has 0 spiro atoms. The average Bonchev–Trinajstić information content (AvgIpc) is 3.37. The maximum absolute atomic E-state index is 5.48. The van der Waals surface area contributed by atoms with E-state index in [0.29, 0.717) is 12.3 Å². The molecule has 0 bridgehead atoms. The van der Waals surface area contributed by atoms with Gasteiger partial charge >= 0.3 is 0 Å². The van der Waals surface area contributed by atoms with Gasteiger partial charge < -0.3 is 14.0 Å². The van der Waals surface area contributed by atoms with E-state index in [2.05, 4.69) is 21.8 Å². The van der Waals surface area contributed by atoms with Gasteiger partial charge in [0.05, 0.1) is 0 Å². The minimum atomic E-state index is 0.319. The molecule has 5 rings (SSSR count). The lowest BCUT2D eigenvalue weighted by atomic mass is 10.1. The predicted octanol–water partition coefficient (Wildman–Crippen LogP) is 3.18. The zero-order valence-corrected chi connectivity index (χ0v) is 11.2. The molecule has 1 aromatic heterocycles. The van der Waals surface area contributed by atoms with Crippen LogP contribution in [0, 0.1) is 5.92 Å². The van der Waals surface area contributed by atoms with Crippen LogP contribution in [0.5, 0.6) is 11.5 Å². The van der Waals surface area contributed by atoms with E-state index in [1.807, 2.05) is 18.3 Å². The lowest BCUT2D eigenvalue weighted by molar-refractivity contribution is 0.174. The van der Waals surface area contributed by atoms with Crippen molar-refractivity contribution in [2.75, 3.05) is 6.79 Å². The fourth-order valence-electron chi connectivity index (χ4n) is 3.51. The van der Waals surface area contributed by atoms with Gasteiger partial charge in [0, 0.05) is 23.5 Å². The van der Waals surface area contributed by atoms with Crippen LogP contribution in [0.1, 0.15) is 25.7 Å². The molecule has 1 aliphatic heterocycles. The molecule has 1 aromatic carbocycles. The molecule has 4 nitrogen and oxygen atoms in total. The summed E-state index contributed by atoms with van der Waals surface area (Å²) in [5.74, 6) is 3.58. The molecule has 20 heavy (non-hydrogen) atoms. The summed E-state index contributed by atoms with van der Waals surface area (Å²) in [4.78, 5) is 4.59. The van der Waals surface area contributed by atoms with Gasteiger partial charge in [-0.25, -0.2) is 4.98 Å². The van der Waals surface area contributed by atoms with E-state index >= 15 is 0 Å². The molecular weight excluding hydrogens is 252 g/mol. The number of imidazole rings is 1. The van der Waals surface area contributed by atoms with Crippen molar-refractivity contribution in [3.8, 4) is 22.9 Å². The van der Waals surface area contributed by atoms with Crippen molar-refractivity contribution >= 4 is 0 Å². The first-order chi connectivity index (χ1) is 9.87. The fraction of sp³-hybridized carbons (Fsp3) is 0.438. The Morgan fingerprint density at radius 1 is 1.15 bits per heavy atom. The van der Waals surface area contributed by atoms with Crippen LogP contribution in [0.3, 0.4) is 0 Å². The van der Waals surface area contributed by atoms with E-state index in [4.69, 9.17) is 9.47 Å². The maximum Gasteiger partial charge on any atom is 0.231 e. The van der Waals surface area contributed by atoms with Crippen LogP contribution in [0.2, 0.25) is 0 Å². The molecule has 2 heterocycles. The molecule has 3 aliphatic rings. The smallest absolute Gasteiger partial charge is 0.231 e. The van der Waals surface area contributed by atoms with Gasteiger partial charge in [0.25, 0.3) is 0 Å². The lowest BCUT2D eigenvalue weighted by Crippen LogP contribution is -2.19. The summed E-state index contributed by atoms with van der Waals surface area (Å²) in [5.41, 5.74) is 1.48. The van der Waals surface area contributed by atoms with E-state index in [9.17, 15) is 0 Å². The summed E-state index contributed by atoms with van der Waals surface area (Å²) in [6.07, 6.45) is 9.41. The zero-order chi connectivity index (χ0) is 13.2. The third kappa shape index (κ3) is 1.39. The summed E-state index contributed by atoms with van der Waals surface area (Å²) in [6.45, 7) is 0.319. The molecule has 102 valence electrons. The minimum Gasteiger partial charge on any atom is -0.454 e. The Morgan fingerprint density at radius 2 is 2.00 bits per heavy atom. The van der Waals surface area contributed by atoms with Crippen molar-refractivity contribution in [3.05, 3.63) is 30.6 Å². The van der Waals surface area contributed by atoms with Crippen LogP contribution in [-0.4, -0.2) is 16.3 Å². The summed E-state index contributed by atoms with van der Waals surface area (Å²) >= 11 is 0. The average molecular weight is 268 g/mol. The summed E-state index contributed by atoms with van der Waals surface area (Å²) in [7, 11) is 0. The topological polar surface area (TPSA) is 36.3 Å². The van der Waals surface area contributed by atoms with Gasteiger partial charge in [0.2, 0.25) is 6.79 Å². The van der Waals surface area contributed by atoms with Crippen LogP contribution >= 0.6 is 0 Å². The number of hydrogen-bond acceptors (Lipinski definition) is 3. The van der Waals surface area contributed by atoms with Gasteiger partial charge in [0.1, 0.15) is 5.82 Å². The van der Waals surface area contributed by atoms with Crippen molar-refractivity contribution in [3.63, 3.8) is 0 Å². The van der Waals surface area contributed by atoms with E-state index in [1.54, 1.807) is 0 Å². The molecule has 4 heteroatoms. The Kier molecular flexibility index (Phi) is 1.92. The third-order valence-corrected chi connectivity index (χ3v) is 4.85. The van der Waals surface area contributed by atoms with Gasteiger partial charge in [-0.1, -0.05) is 0 Å².